The maximum atomic E-state index is 11.3. The summed E-state index contributed by atoms with van der Waals surface area (Å²) < 4.78 is 0. The third kappa shape index (κ3) is 0.737. The highest BCUT2D eigenvalue weighted by Crippen LogP contribution is 2.32. The van der Waals surface area contributed by atoms with Gasteiger partial charge in [0.1, 0.15) is 0 Å². The fourth-order valence-corrected chi connectivity index (χ4v) is 1.79. The molecule has 58 valence electrons. The van der Waals surface area contributed by atoms with Crippen molar-refractivity contribution in [2.75, 3.05) is 0 Å². The van der Waals surface area contributed by atoms with Gasteiger partial charge in [0, 0.05) is 6.92 Å². The first-order chi connectivity index (χ1) is 5.20. The van der Waals surface area contributed by atoms with Crippen LogP contribution in [0.1, 0.15) is 13.3 Å². The molecule has 0 aromatic rings. The number of amides is 2. The Morgan fingerprint density at radius 3 is 2.73 bits per heavy atom. The van der Waals surface area contributed by atoms with Crippen molar-refractivity contribution in [2.24, 2.45) is 5.92 Å². The second kappa shape index (κ2) is 1.94. The van der Waals surface area contributed by atoms with Gasteiger partial charge in [0.05, 0.1) is 12.0 Å². The summed E-state index contributed by atoms with van der Waals surface area (Å²) in [5.41, 5.74) is 0. The van der Waals surface area contributed by atoms with Crippen LogP contribution < -0.4 is 0 Å². The molecule has 0 unspecified atom stereocenters. The second-order valence-corrected chi connectivity index (χ2v) is 3.02. The van der Waals surface area contributed by atoms with E-state index in [4.69, 9.17) is 0 Å². The zero-order valence-electron chi connectivity index (χ0n) is 6.28. The minimum Gasteiger partial charge on any atom is -0.275 e. The Bertz CT molecular complexity index is 257. The number of hydrogen-bond acceptors (Lipinski definition) is 2. The molecule has 0 N–H and O–H groups in total. The number of carbonyl (C=O) groups is 2. The molecule has 11 heavy (non-hydrogen) atoms. The molecule has 3 nitrogen and oxygen atoms in total. The summed E-state index contributed by atoms with van der Waals surface area (Å²) in [6, 6.07) is 0.0602. The van der Waals surface area contributed by atoms with Gasteiger partial charge in [-0.1, -0.05) is 12.2 Å². The van der Waals surface area contributed by atoms with Crippen molar-refractivity contribution in [3.05, 3.63) is 12.2 Å². The highest BCUT2D eigenvalue weighted by Gasteiger charge is 2.42. The van der Waals surface area contributed by atoms with E-state index in [2.05, 4.69) is 0 Å². The van der Waals surface area contributed by atoms with Gasteiger partial charge >= 0.3 is 0 Å². The first-order valence-electron chi connectivity index (χ1n) is 3.72. The lowest BCUT2D eigenvalue weighted by Gasteiger charge is -2.19. The molecule has 0 saturated carbocycles. The van der Waals surface area contributed by atoms with Crippen LogP contribution in [0.3, 0.4) is 0 Å². The predicted octanol–water partition coefficient (Wildman–Crippen LogP) is 0.320. The SMILES string of the molecule is CC(=O)N1C(=O)[C@H]2C=C[C@@H]1C2. The fourth-order valence-electron chi connectivity index (χ4n) is 1.79. The Morgan fingerprint density at radius 2 is 2.36 bits per heavy atom. The van der Waals surface area contributed by atoms with Crippen molar-refractivity contribution in [3.63, 3.8) is 0 Å². The number of hydrogen-bond donors (Lipinski definition) is 0. The molecule has 3 heteroatoms. The Morgan fingerprint density at radius 1 is 1.64 bits per heavy atom. The van der Waals surface area contributed by atoms with Gasteiger partial charge in [-0.3, -0.25) is 14.5 Å². The Balaban J connectivity index is 2.32. The minimum absolute atomic E-state index is 0.0103. The first kappa shape index (κ1) is 6.58. The summed E-state index contributed by atoms with van der Waals surface area (Å²) in [4.78, 5) is 23.5. The molecule has 0 radical (unpaired) electrons. The summed E-state index contributed by atoms with van der Waals surface area (Å²) in [7, 11) is 0. The lowest BCUT2D eigenvalue weighted by molar-refractivity contribution is -0.143. The number of imide groups is 1. The molecule has 2 atom stereocenters. The summed E-state index contributed by atoms with van der Waals surface area (Å²) >= 11 is 0. The highest BCUT2D eigenvalue weighted by atomic mass is 16.2. The molecule has 1 fully saturated rings. The molecule has 2 bridgehead atoms. The van der Waals surface area contributed by atoms with E-state index in [0.29, 0.717) is 0 Å². The van der Waals surface area contributed by atoms with Crippen molar-refractivity contribution < 1.29 is 9.59 Å². The van der Waals surface area contributed by atoms with Crippen LogP contribution in [-0.4, -0.2) is 22.8 Å². The number of carbonyl (C=O) groups excluding carboxylic acids is 2. The van der Waals surface area contributed by atoms with Crippen molar-refractivity contribution in [1.29, 1.82) is 0 Å². The fraction of sp³-hybridized carbons (Fsp3) is 0.500. The monoisotopic (exact) mass is 151 g/mol. The van der Waals surface area contributed by atoms with E-state index in [-0.39, 0.29) is 23.8 Å². The Labute approximate surface area is 64.7 Å². The lowest BCUT2D eigenvalue weighted by atomic mass is 10.1. The van der Waals surface area contributed by atoms with Crippen LogP contribution in [0.25, 0.3) is 0 Å². The van der Waals surface area contributed by atoms with Crippen molar-refractivity contribution in [3.8, 4) is 0 Å². The first-order valence-corrected chi connectivity index (χ1v) is 3.72. The van der Waals surface area contributed by atoms with Gasteiger partial charge in [-0.15, -0.1) is 0 Å². The van der Waals surface area contributed by atoms with Gasteiger partial charge in [0.15, 0.2) is 0 Å². The van der Waals surface area contributed by atoms with Gasteiger partial charge in [-0.05, 0) is 6.42 Å². The maximum Gasteiger partial charge on any atom is 0.236 e. The van der Waals surface area contributed by atoms with Crippen LogP contribution in [0.4, 0.5) is 0 Å². The van der Waals surface area contributed by atoms with E-state index >= 15 is 0 Å². The average Bonchev–Trinajstić information content (AvgIpc) is 2.44. The van der Waals surface area contributed by atoms with Gasteiger partial charge < -0.3 is 0 Å². The Hall–Kier alpha value is -1.12. The van der Waals surface area contributed by atoms with E-state index < -0.39 is 0 Å². The third-order valence-corrected chi connectivity index (χ3v) is 2.29. The molecule has 0 aromatic heterocycles. The largest absolute Gasteiger partial charge is 0.275 e. The van der Waals surface area contributed by atoms with E-state index in [9.17, 15) is 9.59 Å². The third-order valence-electron chi connectivity index (χ3n) is 2.29. The summed E-state index contributed by atoms with van der Waals surface area (Å²) in [6.07, 6.45) is 4.64. The van der Waals surface area contributed by atoms with Gasteiger partial charge in [0.25, 0.3) is 0 Å². The zero-order chi connectivity index (χ0) is 8.01. The average molecular weight is 151 g/mol. The number of rotatable bonds is 0. The van der Waals surface area contributed by atoms with Crippen molar-refractivity contribution >= 4 is 11.8 Å². The second-order valence-electron chi connectivity index (χ2n) is 3.02. The van der Waals surface area contributed by atoms with Crippen LogP contribution in [0.5, 0.6) is 0 Å². The molecule has 0 aromatic carbocycles. The van der Waals surface area contributed by atoms with Crippen LogP contribution in [0, 0.1) is 5.92 Å². The lowest BCUT2D eigenvalue weighted by Crippen LogP contribution is -2.38. The maximum absolute atomic E-state index is 11.3. The molecule has 1 aliphatic carbocycles. The summed E-state index contributed by atoms with van der Waals surface area (Å²) in [5, 5.41) is 0. The molecule has 0 spiro atoms. The quantitative estimate of drug-likeness (QED) is 0.467. The van der Waals surface area contributed by atoms with E-state index in [0.717, 1.165) is 6.42 Å². The number of nitrogens with zero attached hydrogens (tertiary/aromatic N) is 1. The number of likely N-dealkylation sites (tertiary alicyclic amines) is 1. The van der Waals surface area contributed by atoms with Gasteiger partial charge in [0.2, 0.25) is 11.8 Å². The molecule has 1 saturated heterocycles. The molecular formula is C8H9NO2. The molecule has 1 heterocycles. The topological polar surface area (TPSA) is 37.4 Å². The molecular weight excluding hydrogens is 142 g/mol. The molecule has 2 rings (SSSR count). The summed E-state index contributed by atoms with van der Waals surface area (Å²) in [5.74, 6) is -0.166. The van der Waals surface area contributed by atoms with Crippen molar-refractivity contribution in [2.45, 2.75) is 19.4 Å². The Kier molecular flexibility index (Phi) is 1.16. The minimum atomic E-state index is -0.133. The van der Waals surface area contributed by atoms with Gasteiger partial charge in [-0.25, -0.2) is 0 Å². The van der Waals surface area contributed by atoms with Crippen LogP contribution in [0.15, 0.2) is 12.2 Å². The predicted molar refractivity (Wildman–Crippen MR) is 38.6 cm³/mol. The standard InChI is InChI=1S/C8H9NO2/c1-5(10)9-7-3-2-6(4-7)8(9)11/h2-3,6-7H,4H2,1H3/t6-,7+/m0/s1. The molecule has 1 aliphatic heterocycles. The summed E-state index contributed by atoms with van der Waals surface area (Å²) in [6.45, 7) is 1.44. The zero-order valence-corrected chi connectivity index (χ0v) is 6.28. The highest BCUT2D eigenvalue weighted by molar-refractivity contribution is 5.99. The van der Waals surface area contributed by atoms with Crippen LogP contribution in [-0.2, 0) is 9.59 Å². The van der Waals surface area contributed by atoms with E-state index in [1.54, 1.807) is 0 Å². The number of fused-ring (bicyclic) bond motifs is 2. The van der Waals surface area contributed by atoms with Crippen molar-refractivity contribution in [1.82, 2.24) is 4.90 Å². The molecule has 2 amide bonds. The normalized spacial score (nSPS) is 33.5. The molecule has 2 aliphatic rings. The smallest absolute Gasteiger partial charge is 0.236 e. The van der Waals surface area contributed by atoms with Gasteiger partial charge in [-0.2, -0.15) is 0 Å². The van der Waals surface area contributed by atoms with E-state index in [1.807, 2.05) is 12.2 Å². The van der Waals surface area contributed by atoms with Crippen LogP contribution >= 0.6 is 0 Å². The van der Waals surface area contributed by atoms with E-state index in [1.165, 1.54) is 11.8 Å². The van der Waals surface area contributed by atoms with Crippen LogP contribution in [0.2, 0.25) is 0 Å².